The van der Waals surface area contributed by atoms with Crippen LogP contribution in [0.1, 0.15) is 38.2 Å². The molecule has 1 atom stereocenters. The van der Waals surface area contributed by atoms with Gasteiger partial charge in [-0.05, 0) is 37.3 Å². The Labute approximate surface area is 148 Å². The van der Waals surface area contributed by atoms with Gasteiger partial charge in [-0.2, -0.15) is 0 Å². The molecule has 1 aliphatic rings. The third-order valence-electron chi connectivity index (χ3n) is 4.53. The molecule has 1 fully saturated rings. The first-order valence-electron chi connectivity index (χ1n) is 8.69. The van der Waals surface area contributed by atoms with Gasteiger partial charge in [-0.1, -0.05) is 13.0 Å². The highest BCUT2D eigenvalue weighted by molar-refractivity contribution is 5.78. The summed E-state index contributed by atoms with van der Waals surface area (Å²) in [5.41, 5.74) is 1.04. The van der Waals surface area contributed by atoms with Crippen LogP contribution in [0.2, 0.25) is 0 Å². The van der Waals surface area contributed by atoms with Gasteiger partial charge >= 0.3 is 5.97 Å². The monoisotopic (exact) mass is 349 g/mol. The maximum Gasteiger partial charge on any atom is 0.308 e. The number of carboxylic acids is 1. The first-order valence-corrected chi connectivity index (χ1v) is 8.69. The Hall–Kier alpha value is -2.24. The Morgan fingerprint density at radius 3 is 2.56 bits per heavy atom. The maximum absolute atomic E-state index is 12.5. The van der Waals surface area contributed by atoms with Gasteiger partial charge in [0, 0.05) is 25.1 Å². The predicted octanol–water partition coefficient (Wildman–Crippen LogP) is 2.74. The van der Waals surface area contributed by atoms with E-state index >= 15 is 0 Å². The fraction of sp³-hybridized carbons (Fsp3) is 0.579. The van der Waals surface area contributed by atoms with E-state index < -0.39 is 11.9 Å². The zero-order valence-corrected chi connectivity index (χ0v) is 15.2. The smallest absolute Gasteiger partial charge is 0.308 e. The number of carbonyl (C=O) groups is 2. The number of rotatable bonds is 10. The Bertz CT molecular complexity index is 612. The molecule has 1 unspecified atom stereocenters. The summed E-state index contributed by atoms with van der Waals surface area (Å²) in [6.45, 7) is 1.94. The number of hydrogen-bond donors (Lipinski definition) is 1. The van der Waals surface area contributed by atoms with Gasteiger partial charge in [-0.15, -0.1) is 0 Å². The number of carboxylic acid groups (broad SMARTS) is 1. The molecule has 0 radical (unpaired) electrons. The van der Waals surface area contributed by atoms with Gasteiger partial charge in [0.05, 0.1) is 20.1 Å². The van der Waals surface area contributed by atoms with Gasteiger partial charge < -0.3 is 19.5 Å². The van der Waals surface area contributed by atoms with Gasteiger partial charge in [0.1, 0.15) is 11.5 Å². The number of methoxy groups -OCH3 is 2. The van der Waals surface area contributed by atoms with E-state index in [9.17, 15) is 9.59 Å². The van der Waals surface area contributed by atoms with Crippen LogP contribution in [0, 0.1) is 5.92 Å². The van der Waals surface area contributed by atoms with Crippen LogP contribution in [0.5, 0.6) is 11.5 Å². The normalized spacial score (nSPS) is 14.7. The largest absolute Gasteiger partial charge is 0.497 e. The van der Waals surface area contributed by atoms with Crippen LogP contribution in [0.25, 0.3) is 0 Å². The van der Waals surface area contributed by atoms with Crippen LogP contribution in [0.3, 0.4) is 0 Å². The molecule has 1 aromatic rings. The van der Waals surface area contributed by atoms with Crippen molar-refractivity contribution < 1.29 is 24.2 Å². The average molecular weight is 349 g/mol. The zero-order valence-electron chi connectivity index (χ0n) is 15.2. The van der Waals surface area contributed by atoms with Crippen molar-refractivity contribution in [1.82, 2.24) is 4.90 Å². The highest BCUT2D eigenvalue weighted by Gasteiger charge is 2.34. The van der Waals surface area contributed by atoms with Gasteiger partial charge in [-0.25, -0.2) is 0 Å². The lowest BCUT2D eigenvalue weighted by atomic mass is 10.1. The molecule has 6 nitrogen and oxygen atoms in total. The molecule has 6 heteroatoms. The van der Waals surface area contributed by atoms with Crippen molar-refractivity contribution in [3.05, 3.63) is 23.8 Å². The zero-order chi connectivity index (χ0) is 18.4. The van der Waals surface area contributed by atoms with Crippen LogP contribution in [-0.4, -0.2) is 48.7 Å². The van der Waals surface area contributed by atoms with Crippen molar-refractivity contribution in [2.24, 2.45) is 5.92 Å². The highest BCUT2D eigenvalue weighted by Crippen LogP contribution is 2.29. The van der Waals surface area contributed by atoms with Crippen LogP contribution in [0.15, 0.2) is 18.2 Å². The Morgan fingerprint density at radius 1 is 1.28 bits per heavy atom. The molecule has 0 heterocycles. The molecule has 1 saturated carbocycles. The van der Waals surface area contributed by atoms with Gasteiger partial charge in [0.2, 0.25) is 5.91 Å². The molecule has 0 aliphatic heterocycles. The molecule has 0 bridgehead atoms. The van der Waals surface area contributed by atoms with E-state index in [4.69, 9.17) is 14.6 Å². The van der Waals surface area contributed by atoms with E-state index in [0.717, 1.165) is 36.3 Å². The minimum Gasteiger partial charge on any atom is -0.497 e. The minimum absolute atomic E-state index is 0.0445. The number of hydrogen-bond acceptors (Lipinski definition) is 4. The average Bonchev–Trinajstić information content (AvgIpc) is 3.44. The van der Waals surface area contributed by atoms with Crippen molar-refractivity contribution >= 4 is 11.9 Å². The second-order valence-corrected chi connectivity index (χ2v) is 6.55. The summed E-state index contributed by atoms with van der Waals surface area (Å²) in [7, 11) is 3.23. The SMILES string of the molecule is COc1ccc(CCCC(=O)N(CC(C)C(=O)O)C2CC2)c(OC)c1. The first kappa shape index (κ1) is 19.1. The standard InChI is InChI=1S/C19H27NO5/c1-13(19(22)23)12-20(15-8-9-15)18(21)6-4-5-14-7-10-16(24-2)11-17(14)25-3/h7,10-11,13,15H,4-6,8-9,12H2,1-3H3,(H,22,23). The number of ether oxygens (including phenoxy) is 2. The molecule has 1 amide bonds. The number of aliphatic carboxylic acids is 1. The third kappa shape index (κ3) is 5.37. The summed E-state index contributed by atoms with van der Waals surface area (Å²) < 4.78 is 10.6. The Kier molecular flexibility index (Phi) is 6.67. The highest BCUT2D eigenvalue weighted by atomic mass is 16.5. The van der Waals surface area contributed by atoms with E-state index in [0.29, 0.717) is 19.4 Å². The Balaban J connectivity index is 1.89. The lowest BCUT2D eigenvalue weighted by Gasteiger charge is -2.24. The van der Waals surface area contributed by atoms with Crippen molar-refractivity contribution in [2.75, 3.05) is 20.8 Å². The summed E-state index contributed by atoms with van der Waals surface area (Å²) in [5.74, 6) is 0.139. The molecule has 1 aliphatic carbocycles. The number of amides is 1. The lowest BCUT2D eigenvalue weighted by molar-refractivity contribution is -0.143. The van der Waals surface area contributed by atoms with E-state index in [2.05, 4.69) is 0 Å². The van der Waals surface area contributed by atoms with E-state index in [1.165, 1.54) is 0 Å². The van der Waals surface area contributed by atoms with Crippen LogP contribution >= 0.6 is 0 Å². The molecular formula is C19H27NO5. The topological polar surface area (TPSA) is 76.1 Å². The first-order chi connectivity index (χ1) is 12.0. The van der Waals surface area contributed by atoms with Crippen LogP contribution in [-0.2, 0) is 16.0 Å². The Morgan fingerprint density at radius 2 is 2.00 bits per heavy atom. The molecule has 2 rings (SSSR count). The van der Waals surface area contributed by atoms with Crippen molar-refractivity contribution in [3.8, 4) is 11.5 Å². The summed E-state index contributed by atoms with van der Waals surface area (Å²) in [4.78, 5) is 25.3. The van der Waals surface area contributed by atoms with Gasteiger partial charge in [0.25, 0.3) is 0 Å². The quantitative estimate of drug-likeness (QED) is 0.703. The summed E-state index contributed by atoms with van der Waals surface area (Å²) in [6.07, 6.45) is 3.80. The molecule has 0 aromatic heterocycles. The molecule has 1 aromatic carbocycles. The number of carbonyl (C=O) groups excluding carboxylic acids is 1. The van der Waals surface area contributed by atoms with Crippen molar-refractivity contribution in [3.63, 3.8) is 0 Å². The molecule has 0 spiro atoms. The van der Waals surface area contributed by atoms with Gasteiger partial charge in [-0.3, -0.25) is 9.59 Å². The predicted molar refractivity (Wildman–Crippen MR) is 94.0 cm³/mol. The van der Waals surface area contributed by atoms with E-state index in [-0.39, 0.29) is 11.9 Å². The molecule has 25 heavy (non-hydrogen) atoms. The molecule has 138 valence electrons. The third-order valence-corrected chi connectivity index (χ3v) is 4.53. The van der Waals surface area contributed by atoms with Crippen LogP contribution in [0.4, 0.5) is 0 Å². The van der Waals surface area contributed by atoms with Crippen molar-refractivity contribution in [2.45, 2.75) is 45.1 Å². The maximum atomic E-state index is 12.5. The fourth-order valence-electron chi connectivity index (χ4n) is 2.85. The molecule has 0 saturated heterocycles. The summed E-state index contributed by atoms with van der Waals surface area (Å²) >= 11 is 0. The molecular weight excluding hydrogens is 322 g/mol. The number of aryl methyl sites for hydroxylation is 1. The minimum atomic E-state index is -0.860. The second-order valence-electron chi connectivity index (χ2n) is 6.55. The van der Waals surface area contributed by atoms with Crippen molar-refractivity contribution in [1.29, 1.82) is 0 Å². The van der Waals surface area contributed by atoms with E-state index in [1.807, 2.05) is 18.2 Å². The second kappa shape index (κ2) is 8.74. The fourth-order valence-corrected chi connectivity index (χ4v) is 2.85. The number of nitrogens with zero attached hydrogens (tertiary/aromatic N) is 1. The van der Waals surface area contributed by atoms with E-state index in [1.54, 1.807) is 26.0 Å². The van der Waals surface area contributed by atoms with Gasteiger partial charge in [0.15, 0.2) is 0 Å². The summed E-state index contributed by atoms with van der Waals surface area (Å²) in [5, 5.41) is 9.08. The van der Waals surface area contributed by atoms with Crippen LogP contribution < -0.4 is 9.47 Å². The lowest BCUT2D eigenvalue weighted by Crippen LogP contribution is -2.38. The molecule has 1 N–H and O–H groups in total. The summed E-state index contributed by atoms with van der Waals surface area (Å²) in [6, 6.07) is 5.89. The number of benzene rings is 1.